The minimum atomic E-state index is -2.20. The molecule has 1 heterocycles. The van der Waals surface area contributed by atoms with E-state index in [1.54, 1.807) is 0 Å². The van der Waals surface area contributed by atoms with Crippen LogP contribution in [-0.4, -0.2) is 45.1 Å². The van der Waals surface area contributed by atoms with E-state index in [1.807, 2.05) is 0 Å². The third-order valence-corrected chi connectivity index (χ3v) is 3.62. The molecule has 1 rings (SSSR count). The summed E-state index contributed by atoms with van der Waals surface area (Å²) in [7, 11) is -2.20. The Morgan fingerprint density at radius 2 is 1.82 bits per heavy atom. The minimum absolute atomic E-state index is 0.549. The van der Waals surface area contributed by atoms with Gasteiger partial charge in [-0.1, -0.05) is 6.92 Å². The highest BCUT2D eigenvalue weighted by Crippen LogP contribution is 2.40. The van der Waals surface area contributed by atoms with Crippen molar-refractivity contribution in [2.45, 2.75) is 6.42 Å². The minimum Gasteiger partial charge on any atom is -0.300 e. The van der Waals surface area contributed by atoms with E-state index in [0.29, 0.717) is 11.5 Å². The van der Waals surface area contributed by atoms with E-state index in [0.717, 1.165) is 26.1 Å². The Hall–Kier alpha value is 0.230. The zero-order valence-electron chi connectivity index (χ0n) is 6.70. The summed E-state index contributed by atoms with van der Waals surface area (Å²) in [4.78, 5) is 2.23. The van der Waals surface area contributed by atoms with Crippen molar-refractivity contribution >= 4 is 10.6 Å². The summed E-state index contributed by atoms with van der Waals surface area (Å²) in [5.41, 5.74) is 0. The Morgan fingerprint density at radius 1 is 1.27 bits per heavy atom. The van der Waals surface area contributed by atoms with E-state index < -0.39 is 10.6 Å². The van der Waals surface area contributed by atoms with Crippen LogP contribution >= 0.6 is 10.6 Å². The summed E-state index contributed by atoms with van der Waals surface area (Å²) in [6.07, 6.45) is 0.902. The van der Waals surface area contributed by atoms with Crippen molar-refractivity contribution in [1.29, 1.82) is 0 Å². The summed E-state index contributed by atoms with van der Waals surface area (Å²) in [6.45, 7) is 6.37. The Balaban J connectivity index is 2.25. The van der Waals surface area contributed by atoms with Gasteiger partial charge in [-0.25, -0.2) is 0 Å². The van der Waals surface area contributed by atoms with Gasteiger partial charge in [-0.15, -0.1) is 0 Å². The highest BCUT2D eigenvalue weighted by atomic mass is 32.3. The van der Waals surface area contributed by atoms with Crippen LogP contribution in [-0.2, 0) is 0 Å². The van der Waals surface area contributed by atoms with Crippen LogP contribution in [0.25, 0.3) is 0 Å². The molecule has 1 aliphatic heterocycles. The van der Waals surface area contributed by atoms with Crippen LogP contribution in [0.5, 0.6) is 0 Å². The fourth-order valence-corrected chi connectivity index (χ4v) is 2.52. The van der Waals surface area contributed by atoms with Crippen LogP contribution in [0.2, 0.25) is 0 Å². The lowest BCUT2D eigenvalue weighted by Crippen LogP contribution is -2.38. The van der Waals surface area contributed by atoms with Gasteiger partial charge >= 0.3 is 0 Å². The first-order valence-corrected chi connectivity index (χ1v) is 5.78. The molecule has 3 nitrogen and oxygen atoms in total. The molecule has 11 heavy (non-hydrogen) atoms. The van der Waals surface area contributed by atoms with E-state index >= 15 is 0 Å². The Bertz CT molecular complexity index is 120. The molecule has 67 valence electrons. The predicted octanol–water partition coefficient (Wildman–Crippen LogP) is 1.28. The van der Waals surface area contributed by atoms with E-state index in [4.69, 9.17) is 0 Å². The van der Waals surface area contributed by atoms with Gasteiger partial charge in [0, 0.05) is 13.1 Å². The average Bonchev–Trinajstić information content (AvgIpc) is 1.94. The summed E-state index contributed by atoms with van der Waals surface area (Å²) in [5, 5.41) is 0. The normalized spacial score (nSPS) is 28.3. The molecular weight excluding hydrogens is 162 g/mol. The van der Waals surface area contributed by atoms with Crippen molar-refractivity contribution in [3.63, 3.8) is 0 Å². The first kappa shape index (κ1) is 9.32. The Kier molecular flexibility index (Phi) is 3.18. The molecule has 0 unspecified atom stereocenters. The van der Waals surface area contributed by atoms with Crippen LogP contribution < -0.4 is 0 Å². The van der Waals surface area contributed by atoms with Gasteiger partial charge < -0.3 is 4.90 Å². The molecule has 0 spiro atoms. The van der Waals surface area contributed by atoms with Gasteiger partial charge in [0.05, 0.1) is 11.5 Å². The molecular formula is C7H16NO2S. The van der Waals surface area contributed by atoms with Gasteiger partial charge in [0.15, 0.2) is 0 Å². The van der Waals surface area contributed by atoms with Gasteiger partial charge in [-0.2, -0.15) is 10.6 Å². The molecule has 1 fully saturated rings. The third kappa shape index (κ3) is 2.99. The van der Waals surface area contributed by atoms with Gasteiger partial charge in [-0.3, -0.25) is 9.11 Å². The number of hydrogen-bond acceptors (Lipinski definition) is 3. The molecule has 0 atom stereocenters. The van der Waals surface area contributed by atoms with Gasteiger partial charge in [0.2, 0.25) is 0 Å². The standard InChI is InChI=1S/C7H16NO2S/c1-2-3-8-4-6-11(9,10)7-5-8/h9-10H,1-7H2. The second kappa shape index (κ2) is 3.76. The van der Waals surface area contributed by atoms with Crippen molar-refractivity contribution in [2.75, 3.05) is 31.1 Å². The number of hydrogen-bond donors (Lipinski definition) is 2. The van der Waals surface area contributed by atoms with Crippen molar-refractivity contribution < 1.29 is 9.11 Å². The number of rotatable bonds is 2. The molecule has 4 heteroatoms. The van der Waals surface area contributed by atoms with Crippen LogP contribution in [0.1, 0.15) is 6.42 Å². The van der Waals surface area contributed by atoms with Crippen molar-refractivity contribution in [3.05, 3.63) is 6.92 Å². The molecule has 0 aromatic carbocycles. The highest BCUT2D eigenvalue weighted by molar-refractivity contribution is 8.24. The zero-order chi connectivity index (χ0) is 8.32. The van der Waals surface area contributed by atoms with Crippen LogP contribution in [0, 0.1) is 6.92 Å². The quantitative estimate of drug-likeness (QED) is 0.669. The van der Waals surface area contributed by atoms with E-state index in [-0.39, 0.29) is 0 Å². The van der Waals surface area contributed by atoms with Gasteiger partial charge in [-0.05, 0) is 13.0 Å². The Labute approximate surface area is 69.7 Å². The van der Waals surface area contributed by atoms with Crippen molar-refractivity contribution in [2.24, 2.45) is 0 Å². The molecule has 0 aliphatic carbocycles. The SMILES string of the molecule is [CH2]CCN1CCS(O)(O)CC1. The van der Waals surface area contributed by atoms with Crippen LogP contribution in [0.15, 0.2) is 0 Å². The Morgan fingerprint density at radius 3 is 2.27 bits per heavy atom. The lowest BCUT2D eigenvalue weighted by atomic mass is 10.4. The second-order valence-electron chi connectivity index (χ2n) is 2.91. The fourth-order valence-electron chi connectivity index (χ4n) is 1.21. The van der Waals surface area contributed by atoms with Crippen LogP contribution in [0.3, 0.4) is 0 Å². The van der Waals surface area contributed by atoms with Crippen molar-refractivity contribution in [3.8, 4) is 0 Å². The molecule has 1 radical (unpaired) electrons. The number of nitrogens with zero attached hydrogens (tertiary/aromatic N) is 1. The smallest absolute Gasteiger partial charge is 0.0502 e. The van der Waals surface area contributed by atoms with E-state index in [1.165, 1.54) is 0 Å². The summed E-state index contributed by atoms with van der Waals surface area (Å²) in [6, 6.07) is 0. The summed E-state index contributed by atoms with van der Waals surface area (Å²) in [5.74, 6) is 1.10. The summed E-state index contributed by atoms with van der Waals surface area (Å²) >= 11 is 0. The molecule has 2 N–H and O–H groups in total. The largest absolute Gasteiger partial charge is 0.300 e. The maximum absolute atomic E-state index is 9.26. The topological polar surface area (TPSA) is 43.7 Å². The monoisotopic (exact) mass is 178 g/mol. The summed E-state index contributed by atoms with van der Waals surface area (Å²) < 4.78 is 18.5. The maximum Gasteiger partial charge on any atom is 0.0502 e. The third-order valence-electron chi connectivity index (χ3n) is 1.94. The van der Waals surface area contributed by atoms with E-state index in [2.05, 4.69) is 11.8 Å². The molecule has 0 saturated carbocycles. The first-order valence-electron chi connectivity index (χ1n) is 3.89. The molecule has 0 aromatic heterocycles. The molecule has 1 aliphatic rings. The predicted molar refractivity (Wildman–Crippen MR) is 49.0 cm³/mol. The zero-order valence-corrected chi connectivity index (χ0v) is 7.52. The first-order chi connectivity index (χ1) is 5.14. The molecule has 0 aromatic rings. The second-order valence-corrected chi connectivity index (χ2v) is 5.33. The fraction of sp³-hybridized carbons (Fsp3) is 0.857. The highest BCUT2D eigenvalue weighted by Gasteiger charge is 2.20. The molecule has 0 bridgehead atoms. The van der Waals surface area contributed by atoms with E-state index in [9.17, 15) is 9.11 Å². The van der Waals surface area contributed by atoms with Crippen LogP contribution in [0.4, 0.5) is 0 Å². The molecule has 0 amide bonds. The maximum atomic E-state index is 9.26. The lowest BCUT2D eigenvalue weighted by Gasteiger charge is -2.40. The van der Waals surface area contributed by atoms with Gasteiger partial charge in [0.25, 0.3) is 0 Å². The van der Waals surface area contributed by atoms with Crippen molar-refractivity contribution in [1.82, 2.24) is 4.90 Å². The molecule has 1 saturated heterocycles. The van der Waals surface area contributed by atoms with Gasteiger partial charge in [0.1, 0.15) is 0 Å². The average molecular weight is 178 g/mol. The lowest BCUT2D eigenvalue weighted by molar-refractivity contribution is 0.290.